The largest absolute Gasteiger partial charge is 0.503 e. The summed E-state index contributed by atoms with van der Waals surface area (Å²) in [6.45, 7) is 0. The third-order valence-corrected chi connectivity index (χ3v) is 6.42. The van der Waals surface area contributed by atoms with E-state index in [0.717, 1.165) is 0 Å². The fraction of sp³-hybridized carbons (Fsp3) is 0.0833. The van der Waals surface area contributed by atoms with Gasteiger partial charge in [-0.2, -0.15) is 0 Å². The summed E-state index contributed by atoms with van der Waals surface area (Å²) in [4.78, 5) is 46.9. The maximum absolute atomic E-state index is 13.4. The number of ether oxygens (including phenoxy) is 1. The summed E-state index contributed by atoms with van der Waals surface area (Å²) < 4.78 is 5.32. The van der Waals surface area contributed by atoms with Crippen LogP contribution in [0.25, 0.3) is 11.0 Å². The molecule has 1 amide bonds. The summed E-state index contributed by atoms with van der Waals surface area (Å²) in [6.07, 6.45) is 0. The number of aliphatic hydroxyl groups excluding tert-OH is 1. The van der Waals surface area contributed by atoms with Crippen molar-refractivity contribution in [1.29, 1.82) is 0 Å². The van der Waals surface area contributed by atoms with Gasteiger partial charge >= 0.3 is 5.97 Å². The normalized spacial score (nSPS) is 15.9. The van der Waals surface area contributed by atoms with Crippen LogP contribution in [0.15, 0.2) is 71.3 Å². The Kier molecular flexibility index (Phi) is 5.14. The molecule has 0 bridgehead atoms. The minimum Gasteiger partial charge on any atom is -0.503 e. The summed E-state index contributed by atoms with van der Waals surface area (Å²) in [5.41, 5.74) is 1.32. The number of carbonyl (C=O) groups is 3. The summed E-state index contributed by atoms with van der Waals surface area (Å²) in [5.74, 6) is -2.47. The Labute approximate surface area is 196 Å². The van der Waals surface area contributed by atoms with Gasteiger partial charge in [-0.25, -0.2) is 9.78 Å². The third-order valence-electron chi connectivity index (χ3n) is 5.55. The van der Waals surface area contributed by atoms with Gasteiger partial charge in [0.25, 0.3) is 5.91 Å². The molecule has 2 aromatic carbocycles. The lowest BCUT2D eigenvalue weighted by Gasteiger charge is -2.24. The van der Waals surface area contributed by atoms with Gasteiger partial charge in [-0.15, -0.1) is 11.3 Å². The number of aromatic amines is 1. The zero-order valence-electron chi connectivity index (χ0n) is 17.7. The van der Waals surface area contributed by atoms with Gasteiger partial charge in [-0.3, -0.25) is 14.5 Å². The smallest absolute Gasteiger partial charge is 0.335 e. The fourth-order valence-electron chi connectivity index (χ4n) is 3.97. The van der Waals surface area contributed by atoms with E-state index in [1.54, 1.807) is 41.8 Å². The van der Waals surface area contributed by atoms with Gasteiger partial charge in [-0.05, 0) is 47.3 Å². The van der Waals surface area contributed by atoms with Gasteiger partial charge in [0, 0.05) is 0 Å². The van der Waals surface area contributed by atoms with Crippen molar-refractivity contribution in [3.8, 4) is 5.75 Å². The van der Waals surface area contributed by atoms with Crippen LogP contribution in [0.2, 0.25) is 0 Å². The van der Waals surface area contributed by atoms with Gasteiger partial charge in [0.1, 0.15) is 5.75 Å². The van der Waals surface area contributed by atoms with Crippen LogP contribution >= 0.6 is 11.3 Å². The molecule has 1 aliphatic rings. The van der Waals surface area contributed by atoms with Crippen LogP contribution < -0.4 is 9.64 Å². The van der Waals surface area contributed by atoms with Crippen LogP contribution in [0.5, 0.6) is 5.75 Å². The SMILES string of the molecule is COc1cccc(C2C(C(=O)c3cccs3)=C(O)C(=O)N2c2nc3ccc(C(=O)O)cc3[nH]2)c1. The first-order chi connectivity index (χ1) is 16.4. The number of hydrogen-bond acceptors (Lipinski definition) is 7. The van der Waals surface area contributed by atoms with Gasteiger partial charge < -0.3 is 19.9 Å². The van der Waals surface area contributed by atoms with E-state index in [-0.39, 0.29) is 17.1 Å². The molecule has 5 rings (SSSR count). The summed E-state index contributed by atoms with van der Waals surface area (Å²) >= 11 is 1.20. The maximum atomic E-state index is 13.4. The van der Waals surface area contributed by atoms with E-state index < -0.39 is 29.5 Å². The molecule has 10 heteroatoms. The number of imidazole rings is 1. The molecule has 0 fully saturated rings. The number of thiophene rings is 1. The molecular weight excluding hydrogens is 458 g/mol. The van der Waals surface area contributed by atoms with Gasteiger partial charge in [0.05, 0.1) is 40.2 Å². The number of methoxy groups -OCH3 is 1. The second kappa shape index (κ2) is 8.16. The first kappa shape index (κ1) is 21.4. The van der Waals surface area contributed by atoms with E-state index in [1.165, 1.54) is 41.5 Å². The number of anilines is 1. The standard InChI is InChI=1S/C24H17N3O6S/c1-33-14-5-2-4-12(10-14)19-18(20(28)17-6-3-9-34-17)21(29)22(30)27(19)24-25-15-8-7-13(23(31)32)11-16(15)26-24/h2-11,19,29H,1H3,(H,25,26)(H,31,32). The Morgan fingerprint density at radius 3 is 2.68 bits per heavy atom. The first-order valence-corrected chi connectivity index (χ1v) is 11.0. The number of ketones is 1. The third kappa shape index (κ3) is 3.41. The van der Waals surface area contributed by atoms with E-state index in [1.807, 2.05) is 0 Å². The highest BCUT2D eigenvalue weighted by atomic mass is 32.1. The number of benzene rings is 2. The quantitative estimate of drug-likeness (QED) is 0.357. The zero-order valence-corrected chi connectivity index (χ0v) is 18.5. The monoisotopic (exact) mass is 475 g/mol. The van der Waals surface area contributed by atoms with E-state index in [0.29, 0.717) is 27.2 Å². The number of Topliss-reactive ketones (excluding diaryl/α,β-unsaturated/α-hetero) is 1. The molecule has 1 unspecified atom stereocenters. The average Bonchev–Trinajstić information content (AvgIpc) is 3.57. The Bertz CT molecular complexity index is 1490. The molecule has 0 radical (unpaired) electrons. The maximum Gasteiger partial charge on any atom is 0.335 e. The van der Waals surface area contributed by atoms with E-state index in [4.69, 9.17) is 4.74 Å². The number of aromatic carboxylic acids is 1. The van der Waals surface area contributed by atoms with Crippen LogP contribution in [-0.4, -0.2) is 45.0 Å². The molecule has 2 aromatic heterocycles. The zero-order chi connectivity index (χ0) is 24.0. The van der Waals surface area contributed by atoms with Gasteiger partial charge in [0.2, 0.25) is 11.7 Å². The van der Waals surface area contributed by atoms with Gasteiger partial charge in [-0.1, -0.05) is 18.2 Å². The van der Waals surface area contributed by atoms with Crippen LogP contribution in [0, 0.1) is 0 Å². The molecule has 0 saturated carbocycles. The molecule has 0 saturated heterocycles. The number of nitrogens with one attached hydrogen (secondary N) is 1. The van der Waals surface area contributed by atoms with E-state index in [2.05, 4.69) is 9.97 Å². The van der Waals surface area contributed by atoms with Crippen LogP contribution in [-0.2, 0) is 4.79 Å². The van der Waals surface area contributed by atoms with Crippen LogP contribution in [0.4, 0.5) is 5.95 Å². The summed E-state index contributed by atoms with van der Waals surface area (Å²) in [7, 11) is 1.50. The highest BCUT2D eigenvalue weighted by Crippen LogP contribution is 2.42. The first-order valence-electron chi connectivity index (χ1n) is 10.1. The second-order valence-corrected chi connectivity index (χ2v) is 8.47. The predicted molar refractivity (Wildman–Crippen MR) is 125 cm³/mol. The van der Waals surface area contributed by atoms with Crippen molar-refractivity contribution in [2.75, 3.05) is 12.0 Å². The van der Waals surface area contributed by atoms with Crippen LogP contribution in [0.1, 0.15) is 31.6 Å². The van der Waals surface area contributed by atoms with Crippen molar-refractivity contribution in [2.24, 2.45) is 0 Å². The molecule has 9 nitrogen and oxygen atoms in total. The number of H-pyrrole nitrogens is 1. The number of nitrogens with zero attached hydrogens (tertiary/aromatic N) is 2. The number of aromatic nitrogens is 2. The molecular formula is C24H17N3O6S. The lowest BCUT2D eigenvalue weighted by atomic mass is 9.95. The Balaban J connectivity index is 1.68. The molecule has 4 aromatic rings. The van der Waals surface area contributed by atoms with Crippen molar-refractivity contribution in [3.05, 3.63) is 87.3 Å². The molecule has 170 valence electrons. The fourth-order valence-corrected chi connectivity index (χ4v) is 4.64. The number of aliphatic hydroxyl groups is 1. The lowest BCUT2D eigenvalue weighted by molar-refractivity contribution is -0.117. The molecule has 1 atom stereocenters. The minimum absolute atomic E-state index is 0.0503. The molecule has 34 heavy (non-hydrogen) atoms. The number of carbonyl (C=O) groups excluding carboxylic acids is 2. The van der Waals surface area contributed by atoms with Crippen molar-refractivity contribution in [2.45, 2.75) is 6.04 Å². The average molecular weight is 475 g/mol. The molecule has 3 N–H and O–H groups in total. The number of hydrogen-bond donors (Lipinski definition) is 3. The van der Waals surface area contributed by atoms with Gasteiger partial charge in [0.15, 0.2) is 5.76 Å². The predicted octanol–water partition coefficient (Wildman–Crippen LogP) is 4.11. The number of carboxylic acids is 1. The minimum atomic E-state index is -1.10. The highest BCUT2D eigenvalue weighted by Gasteiger charge is 2.46. The molecule has 0 spiro atoms. The Morgan fingerprint density at radius 1 is 1.15 bits per heavy atom. The molecule has 1 aliphatic heterocycles. The second-order valence-electron chi connectivity index (χ2n) is 7.52. The van der Waals surface area contributed by atoms with Crippen LogP contribution in [0.3, 0.4) is 0 Å². The van der Waals surface area contributed by atoms with Crippen molar-refractivity contribution in [1.82, 2.24) is 9.97 Å². The Morgan fingerprint density at radius 2 is 1.97 bits per heavy atom. The molecule has 0 aliphatic carbocycles. The molecule has 3 heterocycles. The van der Waals surface area contributed by atoms with Crippen molar-refractivity contribution < 1.29 is 29.3 Å². The summed E-state index contributed by atoms with van der Waals surface area (Å²) in [6, 6.07) is 13.5. The van der Waals surface area contributed by atoms with Crippen molar-refractivity contribution >= 4 is 46.0 Å². The van der Waals surface area contributed by atoms with Crippen molar-refractivity contribution in [3.63, 3.8) is 0 Å². The highest BCUT2D eigenvalue weighted by molar-refractivity contribution is 7.12. The Hall–Kier alpha value is -4.44. The lowest BCUT2D eigenvalue weighted by Crippen LogP contribution is -2.32. The number of amides is 1. The number of fused-ring (bicyclic) bond motifs is 1. The topological polar surface area (TPSA) is 133 Å². The van der Waals surface area contributed by atoms with E-state index in [9.17, 15) is 24.6 Å². The summed E-state index contributed by atoms with van der Waals surface area (Å²) in [5, 5.41) is 21.8. The number of rotatable bonds is 6. The van der Waals surface area contributed by atoms with E-state index >= 15 is 0 Å². The number of carboxylic acid groups (broad SMARTS) is 1.